The van der Waals surface area contributed by atoms with Gasteiger partial charge in [0.15, 0.2) is 0 Å². The molecule has 1 nitrogen and oxygen atoms in total. The van der Waals surface area contributed by atoms with Gasteiger partial charge in [-0.1, -0.05) is 0 Å². The highest BCUT2D eigenvalue weighted by Gasteiger charge is 2.05. The molecule has 1 aliphatic carbocycles. The van der Waals surface area contributed by atoms with E-state index in [-0.39, 0.29) is 5.92 Å². The number of nitriles is 1. The number of rotatable bonds is 0. The van der Waals surface area contributed by atoms with E-state index in [1.165, 1.54) is 0 Å². The lowest BCUT2D eigenvalue weighted by molar-refractivity contribution is 0.620. The fourth-order valence-corrected chi connectivity index (χ4v) is 0.742. The van der Waals surface area contributed by atoms with Gasteiger partial charge in [0.1, 0.15) is 0 Å². The smallest absolute Gasteiger partial charge is 0.0666 e. The summed E-state index contributed by atoms with van der Waals surface area (Å²) in [5, 5.41) is 8.37. The van der Waals surface area contributed by atoms with Gasteiger partial charge in [-0.2, -0.15) is 5.26 Å². The molecule has 0 fully saturated rings. The quantitative estimate of drug-likeness (QED) is 0.426. The fraction of sp³-hybridized carbons (Fsp3) is 0.571. The Bertz CT molecular complexity index is 165. The van der Waals surface area contributed by atoms with Crippen LogP contribution in [0.5, 0.6) is 0 Å². The molecule has 1 heteroatoms. The fourth-order valence-electron chi connectivity index (χ4n) is 0.742. The van der Waals surface area contributed by atoms with Crippen LogP contribution in [0, 0.1) is 29.1 Å². The van der Waals surface area contributed by atoms with Crippen molar-refractivity contribution in [3.05, 3.63) is 0 Å². The summed E-state index contributed by atoms with van der Waals surface area (Å²) >= 11 is 0. The van der Waals surface area contributed by atoms with Gasteiger partial charge in [-0.3, -0.25) is 0 Å². The molecule has 0 heterocycles. The summed E-state index contributed by atoms with van der Waals surface area (Å²) in [4.78, 5) is 0. The lowest BCUT2D eigenvalue weighted by atomic mass is 9.98. The Kier molecular flexibility index (Phi) is 1.55. The molecule has 0 saturated carbocycles. The highest BCUT2D eigenvalue weighted by atomic mass is 14.3. The minimum Gasteiger partial charge on any atom is -0.198 e. The molecule has 1 aliphatic rings. The zero-order valence-corrected chi connectivity index (χ0v) is 4.65. The number of nitrogens with zero attached hydrogens (tertiary/aromatic N) is 1. The molecule has 0 radical (unpaired) electrons. The van der Waals surface area contributed by atoms with E-state index in [9.17, 15) is 0 Å². The van der Waals surface area contributed by atoms with Gasteiger partial charge in [0.05, 0.1) is 12.0 Å². The molecule has 1 atom stereocenters. The van der Waals surface area contributed by atoms with Crippen LogP contribution in [0.1, 0.15) is 19.3 Å². The Morgan fingerprint density at radius 3 is 2.75 bits per heavy atom. The second kappa shape index (κ2) is 2.38. The molecule has 1 rings (SSSR count). The predicted octanol–water partition coefficient (Wildman–Crippen LogP) is 1.31. The van der Waals surface area contributed by atoms with Gasteiger partial charge in [0.2, 0.25) is 0 Å². The maximum Gasteiger partial charge on any atom is 0.0666 e. The topological polar surface area (TPSA) is 23.8 Å². The summed E-state index contributed by atoms with van der Waals surface area (Å²) in [7, 11) is 0. The van der Waals surface area contributed by atoms with Crippen molar-refractivity contribution in [3.8, 4) is 17.9 Å². The van der Waals surface area contributed by atoms with Gasteiger partial charge >= 0.3 is 0 Å². The Morgan fingerprint density at radius 2 is 2.38 bits per heavy atom. The van der Waals surface area contributed by atoms with Crippen molar-refractivity contribution in [2.45, 2.75) is 19.3 Å². The zero-order chi connectivity index (χ0) is 5.82. The molecule has 40 valence electrons. The Balaban J connectivity index is 2.47. The van der Waals surface area contributed by atoms with Crippen molar-refractivity contribution >= 4 is 0 Å². The first kappa shape index (κ1) is 5.19. The van der Waals surface area contributed by atoms with Crippen LogP contribution >= 0.6 is 0 Å². The molecule has 0 saturated heterocycles. The van der Waals surface area contributed by atoms with Crippen molar-refractivity contribution in [2.75, 3.05) is 0 Å². The van der Waals surface area contributed by atoms with Gasteiger partial charge in [-0.05, 0) is 6.42 Å². The van der Waals surface area contributed by atoms with Crippen LogP contribution in [-0.2, 0) is 0 Å². The lowest BCUT2D eigenvalue weighted by Gasteiger charge is -2.03. The first-order valence-corrected chi connectivity index (χ1v) is 2.79. The minimum absolute atomic E-state index is 0.219. The summed E-state index contributed by atoms with van der Waals surface area (Å²) in [6.07, 6.45) is 2.68. The highest BCUT2D eigenvalue weighted by molar-refractivity contribution is 5.08. The van der Waals surface area contributed by atoms with E-state index in [1.807, 2.05) is 0 Å². The summed E-state index contributed by atoms with van der Waals surface area (Å²) in [5.41, 5.74) is 0. The summed E-state index contributed by atoms with van der Waals surface area (Å²) in [6, 6.07) is 2.20. The molecular weight excluding hydrogens is 98.1 g/mol. The van der Waals surface area contributed by atoms with E-state index in [0.717, 1.165) is 19.3 Å². The molecule has 0 spiro atoms. The molecule has 0 aliphatic heterocycles. The molecule has 0 N–H and O–H groups in total. The van der Waals surface area contributed by atoms with Gasteiger partial charge in [0.25, 0.3) is 0 Å². The van der Waals surface area contributed by atoms with E-state index in [0.29, 0.717) is 0 Å². The second-order valence-electron chi connectivity index (χ2n) is 1.92. The molecule has 0 aromatic carbocycles. The molecular formula is C7H7N. The van der Waals surface area contributed by atoms with E-state index in [1.54, 1.807) is 0 Å². The van der Waals surface area contributed by atoms with Crippen LogP contribution in [0.25, 0.3) is 0 Å². The van der Waals surface area contributed by atoms with Crippen LogP contribution in [0.15, 0.2) is 0 Å². The third kappa shape index (κ3) is 1.01. The van der Waals surface area contributed by atoms with E-state index in [2.05, 4.69) is 17.9 Å². The van der Waals surface area contributed by atoms with Crippen molar-refractivity contribution in [1.29, 1.82) is 5.26 Å². The highest BCUT2D eigenvalue weighted by Crippen LogP contribution is 2.11. The maximum atomic E-state index is 8.37. The molecule has 1 unspecified atom stereocenters. The number of hydrogen-bond donors (Lipinski definition) is 0. The van der Waals surface area contributed by atoms with Crippen LogP contribution in [0.4, 0.5) is 0 Å². The van der Waals surface area contributed by atoms with Crippen LogP contribution in [0.2, 0.25) is 0 Å². The minimum atomic E-state index is 0.219. The monoisotopic (exact) mass is 105 g/mol. The third-order valence-corrected chi connectivity index (χ3v) is 1.27. The second-order valence-corrected chi connectivity index (χ2v) is 1.92. The van der Waals surface area contributed by atoms with Crippen LogP contribution in [0.3, 0.4) is 0 Å². The average molecular weight is 105 g/mol. The summed E-state index contributed by atoms with van der Waals surface area (Å²) < 4.78 is 0. The predicted molar refractivity (Wildman–Crippen MR) is 30.7 cm³/mol. The number of hydrogen-bond acceptors (Lipinski definition) is 1. The summed E-state index contributed by atoms with van der Waals surface area (Å²) in [5.74, 6) is 6.08. The Morgan fingerprint density at radius 1 is 1.50 bits per heavy atom. The first-order chi connectivity index (χ1) is 3.93. The van der Waals surface area contributed by atoms with Crippen LogP contribution < -0.4 is 0 Å². The normalized spacial score (nSPS) is 25.1. The van der Waals surface area contributed by atoms with Gasteiger partial charge in [0, 0.05) is 12.8 Å². The van der Waals surface area contributed by atoms with Gasteiger partial charge in [-0.15, -0.1) is 11.8 Å². The molecule has 0 amide bonds. The van der Waals surface area contributed by atoms with E-state index in [4.69, 9.17) is 5.26 Å². The molecule has 0 bridgehead atoms. The molecule has 8 heavy (non-hydrogen) atoms. The van der Waals surface area contributed by atoms with Crippen molar-refractivity contribution in [2.24, 2.45) is 5.92 Å². The van der Waals surface area contributed by atoms with Crippen LogP contribution in [-0.4, -0.2) is 0 Å². The Labute approximate surface area is 49.3 Å². The average Bonchev–Trinajstić information content (AvgIpc) is 1.90. The van der Waals surface area contributed by atoms with Crippen molar-refractivity contribution in [1.82, 2.24) is 0 Å². The van der Waals surface area contributed by atoms with Gasteiger partial charge < -0.3 is 0 Å². The third-order valence-electron chi connectivity index (χ3n) is 1.27. The van der Waals surface area contributed by atoms with E-state index < -0.39 is 0 Å². The first-order valence-electron chi connectivity index (χ1n) is 2.79. The van der Waals surface area contributed by atoms with E-state index >= 15 is 0 Å². The van der Waals surface area contributed by atoms with Crippen molar-refractivity contribution in [3.63, 3.8) is 0 Å². The summed E-state index contributed by atoms with van der Waals surface area (Å²) in [6.45, 7) is 0. The van der Waals surface area contributed by atoms with Crippen molar-refractivity contribution < 1.29 is 0 Å². The standard InChI is InChI=1S/C7H7N/c8-6-7-4-2-1-3-5-7/h7H,2,4-5H2. The SMILES string of the molecule is N#CC1CC#CCC1. The maximum absolute atomic E-state index is 8.37. The zero-order valence-electron chi connectivity index (χ0n) is 4.65. The largest absolute Gasteiger partial charge is 0.198 e. The van der Waals surface area contributed by atoms with Gasteiger partial charge in [-0.25, -0.2) is 0 Å². The Hall–Kier alpha value is -0.950. The molecule has 0 aromatic rings. The lowest BCUT2D eigenvalue weighted by Crippen LogP contribution is -1.97. The molecule has 0 aromatic heterocycles.